The van der Waals surface area contributed by atoms with Crippen molar-refractivity contribution in [2.45, 2.75) is 33.4 Å². The summed E-state index contributed by atoms with van der Waals surface area (Å²) in [6.07, 6.45) is 0. The second-order valence-electron chi connectivity index (χ2n) is 5.50. The van der Waals surface area contributed by atoms with Crippen molar-refractivity contribution >= 4 is 0 Å². The minimum Gasteiger partial charge on any atom is -0.329 e. The topological polar surface area (TPSA) is 42.2 Å². The molecule has 0 amide bonds. The van der Waals surface area contributed by atoms with Crippen molar-refractivity contribution in [1.82, 2.24) is 9.88 Å². The van der Waals surface area contributed by atoms with Crippen LogP contribution in [-0.4, -0.2) is 23.0 Å². The fourth-order valence-corrected chi connectivity index (χ4v) is 2.62. The molecule has 1 unspecified atom stereocenters. The predicted octanol–water partition coefficient (Wildman–Crippen LogP) is 3.22. The van der Waals surface area contributed by atoms with Crippen molar-refractivity contribution < 1.29 is 0 Å². The van der Waals surface area contributed by atoms with Crippen molar-refractivity contribution in [3.63, 3.8) is 0 Å². The number of hydrogen-bond acceptors (Lipinski definition) is 3. The molecular weight excluding hydrogens is 258 g/mol. The third-order valence-electron chi connectivity index (χ3n) is 3.84. The van der Waals surface area contributed by atoms with E-state index in [2.05, 4.69) is 60.1 Å². The van der Waals surface area contributed by atoms with Crippen molar-refractivity contribution in [2.75, 3.05) is 13.1 Å². The Kier molecular flexibility index (Phi) is 5.48. The van der Waals surface area contributed by atoms with Gasteiger partial charge in [-0.1, -0.05) is 42.8 Å². The Morgan fingerprint density at radius 2 is 1.81 bits per heavy atom. The van der Waals surface area contributed by atoms with Crippen LogP contribution in [-0.2, 0) is 6.54 Å². The molecule has 2 aromatic rings. The van der Waals surface area contributed by atoms with E-state index in [1.165, 1.54) is 11.1 Å². The summed E-state index contributed by atoms with van der Waals surface area (Å²) < 4.78 is 0. The summed E-state index contributed by atoms with van der Waals surface area (Å²) in [4.78, 5) is 6.98. The summed E-state index contributed by atoms with van der Waals surface area (Å²) in [6, 6.07) is 15.1. The zero-order valence-electron chi connectivity index (χ0n) is 13.2. The minimum absolute atomic E-state index is 0.234. The quantitative estimate of drug-likeness (QED) is 0.885. The van der Waals surface area contributed by atoms with Crippen LogP contribution in [0.4, 0.5) is 0 Å². The van der Waals surface area contributed by atoms with Crippen LogP contribution in [0, 0.1) is 13.8 Å². The summed E-state index contributed by atoms with van der Waals surface area (Å²) in [5.74, 6) is 0. The Labute approximate surface area is 127 Å². The summed E-state index contributed by atoms with van der Waals surface area (Å²) in [5, 5.41) is 0. The predicted molar refractivity (Wildman–Crippen MR) is 88.0 cm³/mol. The number of pyridine rings is 1. The molecule has 21 heavy (non-hydrogen) atoms. The van der Waals surface area contributed by atoms with Crippen LogP contribution in [0.5, 0.6) is 0 Å². The van der Waals surface area contributed by atoms with Crippen LogP contribution in [0.2, 0.25) is 0 Å². The van der Waals surface area contributed by atoms with E-state index >= 15 is 0 Å². The van der Waals surface area contributed by atoms with Crippen LogP contribution in [0.3, 0.4) is 0 Å². The average molecular weight is 283 g/mol. The highest BCUT2D eigenvalue weighted by molar-refractivity contribution is 5.24. The third-order valence-corrected chi connectivity index (χ3v) is 3.84. The van der Waals surface area contributed by atoms with E-state index in [-0.39, 0.29) is 6.04 Å². The lowest BCUT2D eigenvalue weighted by atomic mass is 10.0. The van der Waals surface area contributed by atoms with Crippen molar-refractivity contribution in [3.05, 3.63) is 65.0 Å². The number of benzene rings is 1. The largest absolute Gasteiger partial charge is 0.329 e. The molecular formula is C18H25N3. The fraction of sp³-hybridized carbons (Fsp3) is 0.389. The van der Waals surface area contributed by atoms with Gasteiger partial charge in [-0.15, -0.1) is 0 Å². The maximum atomic E-state index is 6.04. The molecule has 0 fully saturated rings. The maximum Gasteiger partial charge on any atom is 0.0547 e. The normalized spacial score (nSPS) is 12.6. The second-order valence-corrected chi connectivity index (χ2v) is 5.50. The first-order chi connectivity index (χ1) is 10.1. The SMILES string of the molecule is CCN(Cc1cccc(C)n1)C(CN)c1ccc(C)cc1. The lowest BCUT2D eigenvalue weighted by molar-refractivity contribution is 0.201. The van der Waals surface area contributed by atoms with Crippen molar-refractivity contribution in [2.24, 2.45) is 5.73 Å². The molecule has 0 aliphatic carbocycles. The number of hydrogen-bond donors (Lipinski definition) is 1. The van der Waals surface area contributed by atoms with E-state index in [1.807, 2.05) is 13.0 Å². The zero-order valence-corrected chi connectivity index (χ0v) is 13.2. The molecule has 0 saturated carbocycles. The lowest BCUT2D eigenvalue weighted by Crippen LogP contribution is -2.33. The molecule has 0 saturated heterocycles. The Morgan fingerprint density at radius 1 is 1.10 bits per heavy atom. The number of likely N-dealkylation sites (N-methyl/N-ethyl adjacent to an activating group) is 1. The molecule has 1 aromatic carbocycles. The van der Waals surface area contributed by atoms with Gasteiger partial charge in [-0.05, 0) is 38.1 Å². The van der Waals surface area contributed by atoms with E-state index in [0.29, 0.717) is 6.54 Å². The number of nitrogens with zero attached hydrogens (tertiary/aromatic N) is 2. The van der Waals surface area contributed by atoms with Crippen LogP contribution in [0.15, 0.2) is 42.5 Å². The molecule has 2 rings (SSSR count). The standard InChI is InChI=1S/C18H25N3/c1-4-21(13-17-7-5-6-15(3)20-17)18(12-19)16-10-8-14(2)9-11-16/h5-11,18H,4,12-13,19H2,1-3H3. The first-order valence-electron chi connectivity index (χ1n) is 7.57. The van der Waals surface area contributed by atoms with E-state index in [0.717, 1.165) is 24.5 Å². The highest BCUT2D eigenvalue weighted by Gasteiger charge is 2.18. The molecule has 1 heterocycles. The summed E-state index contributed by atoms with van der Waals surface area (Å²) >= 11 is 0. The molecule has 0 radical (unpaired) electrons. The maximum absolute atomic E-state index is 6.04. The van der Waals surface area contributed by atoms with Crippen molar-refractivity contribution in [1.29, 1.82) is 0 Å². The number of nitrogens with two attached hydrogens (primary N) is 1. The van der Waals surface area contributed by atoms with Gasteiger partial charge in [0.15, 0.2) is 0 Å². The highest BCUT2D eigenvalue weighted by atomic mass is 15.2. The summed E-state index contributed by atoms with van der Waals surface area (Å²) in [6.45, 7) is 8.70. The molecule has 1 aromatic heterocycles. The molecule has 0 aliphatic heterocycles. The third kappa shape index (κ3) is 4.13. The van der Waals surface area contributed by atoms with Gasteiger partial charge in [0.1, 0.15) is 0 Å². The Bertz CT molecular complexity index is 563. The second kappa shape index (κ2) is 7.34. The zero-order chi connectivity index (χ0) is 15.2. The van der Waals surface area contributed by atoms with E-state index in [4.69, 9.17) is 5.73 Å². The molecule has 0 bridgehead atoms. The minimum atomic E-state index is 0.234. The van der Waals surface area contributed by atoms with Gasteiger partial charge in [0.25, 0.3) is 0 Å². The molecule has 0 spiro atoms. The molecule has 3 heteroatoms. The monoisotopic (exact) mass is 283 g/mol. The molecule has 3 nitrogen and oxygen atoms in total. The van der Waals surface area contributed by atoms with Gasteiger partial charge < -0.3 is 5.73 Å². The number of aromatic nitrogens is 1. The highest BCUT2D eigenvalue weighted by Crippen LogP contribution is 2.21. The van der Waals surface area contributed by atoms with Gasteiger partial charge in [0, 0.05) is 24.8 Å². The Balaban J connectivity index is 2.19. The van der Waals surface area contributed by atoms with Gasteiger partial charge in [0.05, 0.1) is 5.69 Å². The van der Waals surface area contributed by atoms with Crippen LogP contribution in [0.25, 0.3) is 0 Å². The van der Waals surface area contributed by atoms with Crippen LogP contribution in [0.1, 0.15) is 35.5 Å². The van der Waals surface area contributed by atoms with E-state index in [9.17, 15) is 0 Å². The summed E-state index contributed by atoms with van der Waals surface area (Å²) in [5.41, 5.74) is 10.8. The van der Waals surface area contributed by atoms with Gasteiger partial charge in [-0.3, -0.25) is 9.88 Å². The number of rotatable bonds is 6. The average Bonchev–Trinajstić information content (AvgIpc) is 2.49. The first kappa shape index (κ1) is 15.7. The first-order valence-corrected chi connectivity index (χ1v) is 7.57. The van der Waals surface area contributed by atoms with Gasteiger partial charge in [-0.2, -0.15) is 0 Å². The number of aryl methyl sites for hydroxylation is 2. The van der Waals surface area contributed by atoms with Gasteiger partial charge in [-0.25, -0.2) is 0 Å². The van der Waals surface area contributed by atoms with Crippen LogP contribution >= 0.6 is 0 Å². The smallest absolute Gasteiger partial charge is 0.0547 e. The lowest BCUT2D eigenvalue weighted by Gasteiger charge is -2.30. The summed E-state index contributed by atoms with van der Waals surface area (Å²) in [7, 11) is 0. The van der Waals surface area contributed by atoms with E-state index < -0.39 is 0 Å². The fourth-order valence-electron chi connectivity index (χ4n) is 2.62. The van der Waals surface area contributed by atoms with Crippen LogP contribution < -0.4 is 5.73 Å². The Morgan fingerprint density at radius 3 is 2.38 bits per heavy atom. The Hall–Kier alpha value is -1.71. The molecule has 0 aliphatic rings. The molecule has 1 atom stereocenters. The van der Waals surface area contributed by atoms with Gasteiger partial charge in [0.2, 0.25) is 0 Å². The van der Waals surface area contributed by atoms with Gasteiger partial charge >= 0.3 is 0 Å². The van der Waals surface area contributed by atoms with E-state index in [1.54, 1.807) is 0 Å². The molecule has 2 N–H and O–H groups in total. The van der Waals surface area contributed by atoms with Crippen molar-refractivity contribution in [3.8, 4) is 0 Å². The molecule has 112 valence electrons.